The molecule has 0 bridgehead atoms. The molecule has 0 unspecified atom stereocenters. The van der Waals surface area contributed by atoms with Gasteiger partial charge in [0.1, 0.15) is 0 Å². The van der Waals surface area contributed by atoms with Crippen molar-refractivity contribution in [3.63, 3.8) is 0 Å². The van der Waals surface area contributed by atoms with Gasteiger partial charge in [0, 0.05) is 35.9 Å². The molecule has 0 aromatic heterocycles. The van der Waals surface area contributed by atoms with Crippen LogP contribution >= 0.6 is 0 Å². The highest BCUT2D eigenvalue weighted by Crippen LogP contribution is 2.30. The van der Waals surface area contributed by atoms with E-state index in [1.165, 1.54) is 4.90 Å². The SMILES string of the molecule is O=C(CCCN1C(=O)c2cccc3cccc(c23)C1=O)OCCC1OCCCO1. The molecule has 152 valence electrons. The predicted octanol–water partition coefficient (Wildman–Crippen LogP) is 2.91. The number of benzene rings is 2. The van der Waals surface area contributed by atoms with Gasteiger partial charge in [-0.05, 0) is 30.4 Å². The first-order valence-corrected chi connectivity index (χ1v) is 9.92. The molecule has 1 saturated heterocycles. The summed E-state index contributed by atoms with van der Waals surface area (Å²) in [6.45, 7) is 1.72. The monoisotopic (exact) mass is 397 g/mol. The molecule has 2 heterocycles. The van der Waals surface area contributed by atoms with E-state index < -0.39 is 0 Å². The fourth-order valence-corrected chi connectivity index (χ4v) is 3.71. The Morgan fingerprint density at radius 2 is 1.69 bits per heavy atom. The van der Waals surface area contributed by atoms with Crippen molar-refractivity contribution in [2.75, 3.05) is 26.4 Å². The van der Waals surface area contributed by atoms with E-state index in [1.54, 1.807) is 12.1 Å². The lowest BCUT2D eigenvalue weighted by Crippen LogP contribution is -2.41. The molecule has 0 N–H and O–H groups in total. The fraction of sp³-hybridized carbons (Fsp3) is 0.409. The Hall–Kier alpha value is -2.77. The number of hydrogen-bond acceptors (Lipinski definition) is 6. The fourth-order valence-electron chi connectivity index (χ4n) is 3.71. The van der Waals surface area contributed by atoms with Crippen LogP contribution in [0.3, 0.4) is 0 Å². The van der Waals surface area contributed by atoms with Crippen LogP contribution in [0.1, 0.15) is 46.4 Å². The number of rotatable bonds is 7. The Labute approximate surface area is 168 Å². The summed E-state index contributed by atoms with van der Waals surface area (Å²) in [7, 11) is 0. The first-order valence-electron chi connectivity index (χ1n) is 9.92. The lowest BCUT2D eigenvalue weighted by atomic mass is 9.94. The lowest BCUT2D eigenvalue weighted by Gasteiger charge is -2.27. The third kappa shape index (κ3) is 4.16. The number of nitrogens with zero attached hydrogens (tertiary/aromatic N) is 1. The largest absolute Gasteiger partial charge is 0.465 e. The van der Waals surface area contributed by atoms with Gasteiger partial charge in [0.15, 0.2) is 6.29 Å². The number of esters is 1. The van der Waals surface area contributed by atoms with Crippen molar-refractivity contribution in [3.05, 3.63) is 47.5 Å². The molecule has 4 rings (SSSR count). The summed E-state index contributed by atoms with van der Waals surface area (Å²) < 4.78 is 16.0. The van der Waals surface area contributed by atoms with E-state index in [4.69, 9.17) is 14.2 Å². The molecule has 0 aliphatic carbocycles. The standard InChI is InChI=1S/C22H23NO6/c24-18(27-14-10-19-28-12-4-13-29-19)9-3-11-23-21(25)16-7-1-5-15-6-2-8-17(20(15)16)22(23)26/h1-2,5-8,19H,3-4,9-14H2. The number of carbonyl (C=O) groups is 3. The Morgan fingerprint density at radius 1 is 1.03 bits per heavy atom. The summed E-state index contributed by atoms with van der Waals surface area (Å²) in [5.41, 5.74) is 1.04. The summed E-state index contributed by atoms with van der Waals surface area (Å²) in [5.74, 6) is -1.00. The number of hydrogen-bond donors (Lipinski definition) is 0. The van der Waals surface area contributed by atoms with Crippen LogP contribution in [0, 0.1) is 0 Å². The minimum Gasteiger partial charge on any atom is -0.465 e. The molecule has 0 saturated carbocycles. The average molecular weight is 397 g/mol. The van der Waals surface area contributed by atoms with Gasteiger partial charge in [-0.3, -0.25) is 19.3 Å². The highest BCUT2D eigenvalue weighted by molar-refractivity contribution is 6.25. The molecule has 2 aromatic carbocycles. The summed E-state index contributed by atoms with van der Waals surface area (Å²) in [4.78, 5) is 38.8. The molecule has 0 spiro atoms. The van der Waals surface area contributed by atoms with Crippen molar-refractivity contribution in [2.45, 2.75) is 32.0 Å². The summed E-state index contributed by atoms with van der Waals surface area (Å²) in [6.07, 6.45) is 1.54. The summed E-state index contributed by atoms with van der Waals surface area (Å²) >= 11 is 0. The van der Waals surface area contributed by atoms with Gasteiger partial charge in [0.2, 0.25) is 0 Å². The van der Waals surface area contributed by atoms with Gasteiger partial charge in [-0.1, -0.05) is 24.3 Å². The molecule has 2 aliphatic heterocycles. The Bertz CT molecular complexity index is 883. The van der Waals surface area contributed by atoms with Crippen molar-refractivity contribution in [3.8, 4) is 0 Å². The zero-order chi connectivity index (χ0) is 20.2. The van der Waals surface area contributed by atoms with E-state index in [2.05, 4.69) is 0 Å². The molecule has 7 heteroatoms. The van der Waals surface area contributed by atoms with E-state index in [0.717, 1.165) is 11.8 Å². The molecule has 29 heavy (non-hydrogen) atoms. The van der Waals surface area contributed by atoms with Crippen LogP contribution < -0.4 is 0 Å². The van der Waals surface area contributed by atoms with Gasteiger partial charge in [-0.2, -0.15) is 0 Å². The summed E-state index contributed by atoms with van der Waals surface area (Å²) in [5, 5.41) is 1.57. The molecule has 2 amide bonds. The molecule has 1 fully saturated rings. The first kappa shape index (κ1) is 19.5. The van der Waals surface area contributed by atoms with Crippen LogP contribution in [0.15, 0.2) is 36.4 Å². The number of imide groups is 1. The Morgan fingerprint density at radius 3 is 2.34 bits per heavy atom. The highest BCUT2D eigenvalue weighted by Gasteiger charge is 2.32. The third-order valence-corrected chi connectivity index (χ3v) is 5.13. The van der Waals surface area contributed by atoms with E-state index in [1.807, 2.05) is 24.3 Å². The molecule has 0 radical (unpaired) electrons. The second-order valence-electron chi connectivity index (χ2n) is 7.11. The zero-order valence-corrected chi connectivity index (χ0v) is 16.1. The first-order chi connectivity index (χ1) is 14.1. The molecule has 2 aromatic rings. The van der Waals surface area contributed by atoms with Crippen LogP contribution in [-0.2, 0) is 19.0 Å². The third-order valence-electron chi connectivity index (χ3n) is 5.13. The maximum atomic E-state index is 12.8. The van der Waals surface area contributed by atoms with E-state index in [9.17, 15) is 14.4 Å². The quantitative estimate of drug-likeness (QED) is 0.528. The van der Waals surface area contributed by atoms with Gasteiger partial charge in [0.05, 0.1) is 19.8 Å². The van der Waals surface area contributed by atoms with Crippen molar-refractivity contribution >= 4 is 28.6 Å². The van der Waals surface area contributed by atoms with Crippen molar-refractivity contribution in [1.29, 1.82) is 0 Å². The van der Waals surface area contributed by atoms with Crippen molar-refractivity contribution < 1.29 is 28.6 Å². The normalized spacial score (nSPS) is 17.0. The van der Waals surface area contributed by atoms with E-state index in [-0.39, 0.29) is 43.6 Å². The number of amides is 2. The maximum Gasteiger partial charge on any atom is 0.305 e. The average Bonchev–Trinajstić information content (AvgIpc) is 2.75. The van der Waals surface area contributed by atoms with Crippen LogP contribution in [-0.4, -0.2) is 55.3 Å². The number of ether oxygens (including phenoxy) is 3. The van der Waals surface area contributed by atoms with E-state index >= 15 is 0 Å². The topological polar surface area (TPSA) is 82.1 Å². The second kappa shape index (κ2) is 8.71. The minimum atomic E-state index is -0.361. The van der Waals surface area contributed by atoms with Crippen LogP contribution in [0.25, 0.3) is 10.8 Å². The van der Waals surface area contributed by atoms with E-state index in [0.29, 0.717) is 42.6 Å². The van der Waals surface area contributed by atoms with Gasteiger partial charge in [-0.15, -0.1) is 0 Å². The summed E-state index contributed by atoms with van der Waals surface area (Å²) in [6, 6.07) is 10.9. The van der Waals surface area contributed by atoms with Crippen molar-refractivity contribution in [1.82, 2.24) is 4.90 Å². The maximum absolute atomic E-state index is 12.8. The molecule has 7 nitrogen and oxygen atoms in total. The molecular weight excluding hydrogens is 374 g/mol. The molecule has 2 aliphatic rings. The van der Waals surface area contributed by atoms with Gasteiger partial charge >= 0.3 is 5.97 Å². The van der Waals surface area contributed by atoms with Gasteiger partial charge in [-0.25, -0.2) is 0 Å². The smallest absolute Gasteiger partial charge is 0.305 e. The Kier molecular flexibility index (Phi) is 5.87. The zero-order valence-electron chi connectivity index (χ0n) is 16.1. The minimum absolute atomic E-state index is 0.134. The highest BCUT2D eigenvalue weighted by atomic mass is 16.7. The predicted molar refractivity (Wildman–Crippen MR) is 104 cm³/mol. The van der Waals surface area contributed by atoms with Crippen molar-refractivity contribution in [2.24, 2.45) is 0 Å². The number of carbonyl (C=O) groups excluding carboxylic acids is 3. The van der Waals surface area contributed by atoms with Gasteiger partial charge < -0.3 is 14.2 Å². The lowest BCUT2D eigenvalue weighted by molar-refractivity contribution is -0.187. The van der Waals surface area contributed by atoms with Crippen LogP contribution in [0.2, 0.25) is 0 Å². The Balaban J connectivity index is 1.29. The second-order valence-corrected chi connectivity index (χ2v) is 7.11. The van der Waals surface area contributed by atoms with Gasteiger partial charge in [0.25, 0.3) is 11.8 Å². The molecular formula is C22H23NO6. The van der Waals surface area contributed by atoms with Crippen LogP contribution in [0.4, 0.5) is 0 Å². The molecule has 0 atom stereocenters. The van der Waals surface area contributed by atoms with Crippen LogP contribution in [0.5, 0.6) is 0 Å².